The van der Waals surface area contributed by atoms with Gasteiger partial charge >= 0.3 is 0 Å². The SMILES string of the molecule is CCNCC1CCN(C(=O)CCc2ccc(OC)c(F)c2)CC1.Cl. The fraction of sp³-hybridized carbons (Fsp3) is 0.611. The molecule has 0 unspecified atom stereocenters. The first kappa shape index (κ1) is 20.7. The number of piperidine rings is 1. The van der Waals surface area contributed by atoms with Crippen LogP contribution < -0.4 is 10.1 Å². The molecule has 4 nitrogen and oxygen atoms in total. The molecule has 1 fully saturated rings. The third-order valence-corrected chi connectivity index (χ3v) is 4.49. The first-order chi connectivity index (χ1) is 11.1. The molecular formula is C18H28ClFN2O2. The van der Waals surface area contributed by atoms with E-state index < -0.39 is 0 Å². The van der Waals surface area contributed by atoms with Crippen molar-refractivity contribution in [2.45, 2.75) is 32.6 Å². The number of hydrogen-bond acceptors (Lipinski definition) is 3. The molecule has 0 spiro atoms. The Morgan fingerprint density at radius 2 is 2.08 bits per heavy atom. The summed E-state index contributed by atoms with van der Waals surface area (Å²) in [6.07, 6.45) is 3.13. The lowest BCUT2D eigenvalue weighted by Gasteiger charge is -2.32. The Kier molecular flexibility index (Phi) is 9.08. The maximum atomic E-state index is 13.6. The molecule has 6 heteroatoms. The number of carbonyl (C=O) groups excluding carboxylic acids is 1. The van der Waals surface area contributed by atoms with Crippen LogP contribution in [0.1, 0.15) is 31.7 Å². The van der Waals surface area contributed by atoms with Crippen LogP contribution in [0, 0.1) is 11.7 Å². The summed E-state index contributed by atoms with van der Waals surface area (Å²) in [5.41, 5.74) is 0.832. The summed E-state index contributed by atoms with van der Waals surface area (Å²) in [4.78, 5) is 14.2. The summed E-state index contributed by atoms with van der Waals surface area (Å²) < 4.78 is 18.6. The van der Waals surface area contributed by atoms with E-state index in [0.717, 1.165) is 44.6 Å². The Balaban J connectivity index is 0.00000288. The number of rotatable bonds is 7. The van der Waals surface area contributed by atoms with Gasteiger partial charge in [0.05, 0.1) is 7.11 Å². The molecule has 1 saturated heterocycles. The van der Waals surface area contributed by atoms with E-state index in [0.29, 0.717) is 18.8 Å². The molecule has 2 rings (SSSR count). The van der Waals surface area contributed by atoms with Gasteiger partial charge in [0.2, 0.25) is 5.91 Å². The number of nitrogens with one attached hydrogen (secondary N) is 1. The third-order valence-electron chi connectivity index (χ3n) is 4.49. The average molecular weight is 359 g/mol. The summed E-state index contributed by atoms with van der Waals surface area (Å²) in [5.74, 6) is 0.710. The lowest BCUT2D eigenvalue weighted by atomic mass is 9.96. The predicted octanol–water partition coefficient (Wildman–Crippen LogP) is 3.04. The molecule has 0 atom stereocenters. The highest BCUT2D eigenvalue weighted by molar-refractivity contribution is 5.85. The van der Waals surface area contributed by atoms with Crippen LogP contribution in [0.15, 0.2) is 18.2 Å². The van der Waals surface area contributed by atoms with Crippen molar-refractivity contribution >= 4 is 18.3 Å². The van der Waals surface area contributed by atoms with Crippen molar-refractivity contribution in [3.63, 3.8) is 0 Å². The molecule has 0 aliphatic carbocycles. The van der Waals surface area contributed by atoms with E-state index >= 15 is 0 Å². The molecule has 1 heterocycles. The molecule has 1 aromatic carbocycles. The topological polar surface area (TPSA) is 41.6 Å². The number of ether oxygens (including phenoxy) is 1. The van der Waals surface area contributed by atoms with E-state index in [-0.39, 0.29) is 29.9 Å². The standard InChI is InChI=1S/C18H27FN2O2.ClH/c1-3-20-13-15-8-10-21(11-9-15)18(22)7-5-14-4-6-17(23-2)16(19)12-14;/h4,6,12,15,20H,3,5,7-11,13H2,1-2H3;1H. The largest absolute Gasteiger partial charge is 0.494 e. The summed E-state index contributed by atoms with van der Waals surface area (Å²) in [6, 6.07) is 4.88. The zero-order valence-electron chi connectivity index (χ0n) is 14.5. The number of methoxy groups -OCH3 is 1. The third kappa shape index (κ3) is 5.95. The highest BCUT2D eigenvalue weighted by atomic mass is 35.5. The number of amides is 1. The maximum Gasteiger partial charge on any atom is 0.222 e. The maximum absolute atomic E-state index is 13.6. The minimum absolute atomic E-state index is 0. The van der Waals surface area contributed by atoms with Crippen LogP contribution in [-0.2, 0) is 11.2 Å². The number of halogens is 2. The van der Waals surface area contributed by atoms with Crippen molar-refractivity contribution in [1.82, 2.24) is 10.2 Å². The number of aryl methyl sites for hydroxylation is 1. The number of hydrogen-bond donors (Lipinski definition) is 1. The van der Waals surface area contributed by atoms with Crippen molar-refractivity contribution < 1.29 is 13.9 Å². The van der Waals surface area contributed by atoms with Gasteiger partial charge in [-0.1, -0.05) is 13.0 Å². The van der Waals surface area contributed by atoms with Crippen LogP contribution in [0.2, 0.25) is 0 Å². The van der Waals surface area contributed by atoms with E-state index in [2.05, 4.69) is 12.2 Å². The Bertz CT molecular complexity index is 520. The molecule has 1 N–H and O–H groups in total. The van der Waals surface area contributed by atoms with Gasteiger partial charge in [0.15, 0.2) is 11.6 Å². The first-order valence-corrected chi connectivity index (χ1v) is 8.45. The number of likely N-dealkylation sites (tertiary alicyclic amines) is 1. The van der Waals surface area contributed by atoms with Crippen LogP contribution in [0.25, 0.3) is 0 Å². The van der Waals surface area contributed by atoms with Gasteiger partial charge in [-0.2, -0.15) is 0 Å². The summed E-state index contributed by atoms with van der Waals surface area (Å²) in [6.45, 7) is 5.83. The van der Waals surface area contributed by atoms with E-state index in [1.165, 1.54) is 13.2 Å². The molecule has 1 aliphatic rings. The monoisotopic (exact) mass is 358 g/mol. The van der Waals surface area contributed by atoms with Crippen LogP contribution in [0.3, 0.4) is 0 Å². The Hall–Kier alpha value is -1.33. The molecule has 24 heavy (non-hydrogen) atoms. The molecule has 0 aromatic heterocycles. The summed E-state index contributed by atoms with van der Waals surface area (Å²) in [5, 5.41) is 3.37. The molecular weight excluding hydrogens is 331 g/mol. The van der Waals surface area contributed by atoms with Gasteiger partial charge in [-0.25, -0.2) is 4.39 Å². The smallest absolute Gasteiger partial charge is 0.222 e. The van der Waals surface area contributed by atoms with Gasteiger partial charge in [-0.3, -0.25) is 4.79 Å². The average Bonchev–Trinajstić information content (AvgIpc) is 2.58. The minimum atomic E-state index is -0.373. The van der Waals surface area contributed by atoms with Crippen molar-refractivity contribution in [3.8, 4) is 5.75 Å². The van der Waals surface area contributed by atoms with E-state index in [1.807, 2.05) is 11.0 Å². The molecule has 1 aliphatic heterocycles. The van der Waals surface area contributed by atoms with Gasteiger partial charge in [-0.05, 0) is 56.0 Å². The normalized spacial score (nSPS) is 15.0. The van der Waals surface area contributed by atoms with E-state index in [1.54, 1.807) is 6.07 Å². The second kappa shape index (κ2) is 10.5. The predicted molar refractivity (Wildman–Crippen MR) is 96.4 cm³/mol. The molecule has 1 amide bonds. The van der Waals surface area contributed by atoms with Gasteiger partial charge in [-0.15, -0.1) is 12.4 Å². The zero-order valence-corrected chi connectivity index (χ0v) is 15.3. The summed E-state index contributed by atoms with van der Waals surface area (Å²) in [7, 11) is 1.45. The number of carbonyl (C=O) groups is 1. The van der Waals surface area contributed by atoms with Gasteiger partial charge in [0.25, 0.3) is 0 Å². The van der Waals surface area contributed by atoms with Crippen LogP contribution in [-0.4, -0.2) is 44.1 Å². The quantitative estimate of drug-likeness (QED) is 0.814. The fourth-order valence-corrected chi connectivity index (χ4v) is 3.01. The Labute approximate surface area is 150 Å². The van der Waals surface area contributed by atoms with Crippen LogP contribution >= 0.6 is 12.4 Å². The first-order valence-electron chi connectivity index (χ1n) is 8.45. The zero-order chi connectivity index (χ0) is 16.7. The molecule has 1 aromatic rings. The number of nitrogens with zero attached hydrogens (tertiary/aromatic N) is 1. The van der Waals surface area contributed by atoms with Crippen molar-refractivity contribution in [2.75, 3.05) is 33.3 Å². The van der Waals surface area contributed by atoms with Crippen molar-refractivity contribution in [1.29, 1.82) is 0 Å². The fourth-order valence-electron chi connectivity index (χ4n) is 3.01. The molecule has 0 saturated carbocycles. The van der Waals surface area contributed by atoms with Gasteiger partial charge < -0.3 is 15.0 Å². The van der Waals surface area contributed by atoms with E-state index in [4.69, 9.17) is 4.74 Å². The van der Waals surface area contributed by atoms with E-state index in [9.17, 15) is 9.18 Å². The van der Waals surface area contributed by atoms with Gasteiger partial charge in [0.1, 0.15) is 0 Å². The second-order valence-electron chi connectivity index (χ2n) is 6.10. The van der Waals surface area contributed by atoms with Crippen molar-refractivity contribution in [2.24, 2.45) is 5.92 Å². The highest BCUT2D eigenvalue weighted by Crippen LogP contribution is 2.20. The van der Waals surface area contributed by atoms with Crippen LogP contribution in [0.4, 0.5) is 4.39 Å². The summed E-state index contributed by atoms with van der Waals surface area (Å²) >= 11 is 0. The lowest BCUT2D eigenvalue weighted by molar-refractivity contribution is -0.132. The lowest BCUT2D eigenvalue weighted by Crippen LogP contribution is -2.40. The highest BCUT2D eigenvalue weighted by Gasteiger charge is 2.22. The van der Waals surface area contributed by atoms with Crippen LogP contribution in [0.5, 0.6) is 5.75 Å². The van der Waals surface area contributed by atoms with Crippen molar-refractivity contribution in [3.05, 3.63) is 29.6 Å². The number of benzene rings is 1. The molecule has 136 valence electrons. The minimum Gasteiger partial charge on any atom is -0.494 e. The molecule has 0 bridgehead atoms. The second-order valence-corrected chi connectivity index (χ2v) is 6.10. The van der Waals surface area contributed by atoms with Gasteiger partial charge in [0, 0.05) is 19.5 Å². The molecule has 0 radical (unpaired) electrons. The Morgan fingerprint density at radius 3 is 2.67 bits per heavy atom. The Morgan fingerprint density at radius 1 is 1.38 bits per heavy atom.